The van der Waals surface area contributed by atoms with E-state index in [0.717, 1.165) is 38.9 Å². The number of hydrogen-bond acceptors (Lipinski definition) is 2. The van der Waals surface area contributed by atoms with Gasteiger partial charge >= 0.3 is 0 Å². The van der Waals surface area contributed by atoms with Gasteiger partial charge in [0.25, 0.3) is 0 Å². The van der Waals surface area contributed by atoms with E-state index < -0.39 is 0 Å². The predicted octanol–water partition coefficient (Wildman–Crippen LogP) is 4.12. The van der Waals surface area contributed by atoms with Crippen molar-refractivity contribution in [2.24, 2.45) is 5.92 Å². The molecule has 2 aromatic carbocycles. The van der Waals surface area contributed by atoms with Crippen molar-refractivity contribution in [3.8, 4) is 0 Å². The lowest BCUT2D eigenvalue weighted by Gasteiger charge is -2.33. The minimum Gasteiger partial charge on any atom is -0.341 e. The van der Waals surface area contributed by atoms with Gasteiger partial charge in [-0.2, -0.15) is 0 Å². The molecule has 0 bridgehead atoms. The lowest BCUT2D eigenvalue weighted by molar-refractivity contribution is -0.136. The van der Waals surface area contributed by atoms with E-state index in [4.69, 9.17) is 0 Å². The van der Waals surface area contributed by atoms with Crippen molar-refractivity contribution in [2.75, 3.05) is 20.1 Å². The van der Waals surface area contributed by atoms with Crippen molar-refractivity contribution >= 4 is 5.91 Å². The summed E-state index contributed by atoms with van der Waals surface area (Å²) in [6, 6.07) is 19.2. The fourth-order valence-electron chi connectivity index (χ4n) is 3.72. The highest BCUT2D eigenvalue weighted by Crippen LogP contribution is 2.21. The molecule has 0 spiro atoms. The van der Waals surface area contributed by atoms with Crippen molar-refractivity contribution < 1.29 is 4.79 Å². The van der Waals surface area contributed by atoms with E-state index in [1.165, 1.54) is 16.7 Å². The van der Waals surface area contributed by atoms with Gasteiger partial charge in [-0.3, -0.25) is 9.69 Å². The highest BCUT2D eigenvalue weighted by atomic mass is 16.2. The van der Waals surface area contributed by atoms with E-state index >= 15 is 0 Å². The monoisotopic (exact) mass is 350 g/mol. The largest absolute Gasteiger partial charge is 0.341 e. The maximum Gasteiger partial charge on any atom is 0.225 e. The first-order chi connectivity index (χ1) is 12.7. The smallest absolute Gasteiger partial charge is 0.225 e. The highest BCUT2D eigenvalue weighted by molar-refractivity contribution is 5.78. The Morgan fingerprint density at radius 2 is 1.58 bits per heavy atom. The van der Waals surface area contributed by atoms with Gasteiger partial charge in [0, 0.05) is 26.1 Å². The van der Waals surface area contributed by atoms with Crippen molar-refractivity contribution in [1.29, 1.82) is 0 Å². The normalized spacial score (nSPS) is 15.8. The third kappa shape index (κ3) is 4.95. The fraction of sp³-hybridized carbons (Fsp3) is 0.435. The molecule has 1 heterocycles. The van der Waals surface area contributed by atoms with Crippen molar-refractivity contribution in [1.82, 2.24) is 9.80 Å². The molecule has 0 aromatic heterocycles. The molecule has 3 rings (SSSR count). The molecule has 1 fully saturated rings. The molecule has 0 saturated carbocycles. The van der Waals surface area contributed by atoms with Crippen LogP contribution in [0.2, 0.25) is 0 Å². The van der Waals surface area contributed by atoms with Crippen LogP contribution in [-0.4, -0.2) is 35.8 Å². The van der Waals surface area contributed by atoms with Gasteiger partial charge < -0.3 is 4.90 Å². The van der Waals surface area contributed by atoms with Crippen LogP contribution in [-0.2, 0) is 24.3 Å². The molecule has 2 aromatic rings. The number of benzene rings is 2. The minimum atomic E-state index is 0.169. The number of rotatable bonds is 6. The second kappa shape index (κ2) is 9.00. The van der Waals surface area contributed by atoms with Crippen LogP contribution in [0, 0.1) is 5.92 Å². The number of likely N-dealkylation sites (tertiary alicyclic amines) is 1. The molecule has 1 aliphatic heterocycles. The van der Waals surface area contributed by atoms with Gasteiger partial charge in [0.05, 0.1) is 0 Å². The van der Waals surface area contributed by atoms with E-state index in [9.17, 15) is 4.79 Å². The van der Waals surface area contributed by atoms with Crippen LogP contribution >= 0.6 is 0 Å². The average molecular weight is 351 g/mol. The van der Waals surface area contributed by atoms with Crippen molar-refractivity contribution in [3.63, 3.8) is 0 Å². The summed E-state index contributed by atoms with van der Waals surface area (Å²) >= 11 is 0. The van der Waals surface area contributed by atoms with E-state index in [-0.39, 0.29) is 5.92 Å². The molecule has 0 aliphatic carbocycles. The summed E-state index contributed by atoms with van der Waals surface area (Å²) in [7, 11) is 1.93. The topological polar surface area (TPSA) is 23.6 Å². The van der Waals surface area contributed by atoms with Crippen LogP contribution in [0.5, 0.6) is 0 Å². The first kappa shape index (κ1) is 18.7. The standard InChI is InChI=1S/C23H30N2O/c1-3-19-9-11-21(12-10-19)18-25-15-13-22(14-16-25)23(26)24(2)17-20-7-5-4-6-8-20/h4-12,22H,3,13-18H2,1-2H3. The number of nitrogens with zero attached hydrogens (tertiary/aromatic N) is 2. The number of aryl methyl sites for hydroxylation is 1. The van der Waals surface area contributed by atoms with Crippen LogP contribution < -0.4 is 0 Å². The van der Waals surface area contributed by atoms with Crippen molar-refractivity contribution in [3.05, 3.63) is 71.3 Å². The summed E-state index contributed by atoms with van der Waals surface area (Å²) in [4.78, 5) is 17.1. The Hall–Kier alpha value is -2.13. The summed E-state index contributed by atoms with van der Waals surface area (Å²) in [6.07, 6.45) is 3.01. The molecule has 1 aliphatic rings. The first-order valence-corrected chi connectivity index (χ1v) is 9.74. The molecule has 0 N–H and O–H groups in total. The SMILES string of the molecule is CCc1ccc(CN2CCC(C(=O)N(C)Cc3ccccc3)CC2)cc1. The zero-order valence-corrected chi connectivity index (χ0v) is 16.0. The van der Waals surface area contributed by atoms with E-state index in [2.05, 4.69) is 48.2 Å². The number of carbonyl (C=O) groups excluding carboxylic acids is 1. The summed E-state index contributed by atoms with van der Waals surface area (Å²) in [5.41, 5.74) is 3.95. The molecule has 0 radical (unpaired) electrons. The second-order valence-corrected chi connectivity index (χ2v) is 7.40. The van der Waals surface area contributed by atoms with Crippen LogP contribution in [0.1, 0.15) is 36.5 Å². The summed E-state index contributed by atoms with van der Waals surface area (Å²) < 4.78 is 0. The van der Waals surface area contributed by atoms with Crippen LogP contribution in [0.4, 0.5) is 0 Å². The van der Waals surface area contributed by atoms with Gasteiger partial charge in [-0.15, -0.1) is 0 Å². The number of piperidine rings is 1. The van der Waals surface area contributed by atoms with Crippen LogP contribution in [0.15, 0.2) is 54.6 Å². The zero-order valence-electron chi connectivity index (χ0n) is 16.0. The van der Waals surface area contributed by atoms with Gasteiger partial charge in [0.2, 0.25) is 5.91 Å². The Balaban J connectivity index is 1.47. The molecule has 26 heavy (non-hydrogen) atoms. The molecule has 1 saturated heterocycles. The molecule has 1 amide bonds. The van der Waals surface area contributed by atoms with Crippen molar-refractivity contribution in [2.45, 2.75) is 39.3 Å². The van der Waals surface area contributed by atoms with Crippen LogP contribution in [0.25, 0.3) is 0 Å². The third-order valence-electron chi connectivity index (χ3n) is 5.41. The zero-order chi connectivity index (χ0) is 18.4. The Morgan fingerprint density at radius 3 is 2.19 bits per heavy atom. The fourth-order valence-corrected chi connectivity index (χ4v) is 3.72. The van der Waals surface area contributed by atoms with Gasteiger partial charge in [-0.1, -0.05) is 61.5 Å². The molecule has 3 heteroatoms. The molecular weight excluding hydrogens is 320 g/mol. The first-order valence-electron chi connectivity index (χ1n) is 9.74. The summed E-state index contributed by atoms with van der Waals surface area (Å²) in [5.74, 6) is 0.461. The Labute approximate surface area is 157 Å². The van der Waals surface area contributed by atoms with E-state index in [1.54, 1.807) is 0 Å². The van der Waals surface area contributed by atoms with E-state index in [1.807, 2.05) is 30.1 Å². The molecule has 0 atom stereocenters. The maximum absolute atomic E-state index is 12.7. The molecular formula is C23H30N2O. The van der Waals surface area contributed by atoms with Gasteiger partial charge in [-0.05, 0) is 49.0 Å². The predicted molar refractivity (Wildman–Crippen MR) is 107 cm³/mol. The third-order valence-corrected chi connectivity index (χ3v) is 5.41. The summed E-state index contributed by atoms with van der Waals surface area (Å²) in [6.45, 7) is 5.89. The Kier molecular flexibility index (Phi) is 6.45. The van der Waals surface area contributed by atoms with Crippen LogP contribution in [0.3, 0.4) is 0 Å². The Morgan fingerprint density at radius 1 is 0.962 bits per heavy atom. The van der Waals surface area contributed by atoms with Gasteiger partial charge in [0.1, 0.15) is 0 Å². The number of hydrogen-bond donors (Lipinski definition) is 0. The molecule has 3 nitrogen and oxygen atoms in total. The number of carbonyl (C=O) groups is 1. The quantitative estimate of drug-likeness (QED) is 0.782. The van der Waals surface area contributed by atoms with Gasteiger partial charge in [-0.25, -0.2) is 0 Å². The molecule has 138 valence electrons. The number of amides is 1. The minimum absolute atomic E-state index is 0.169. The van der Waals surface area contributed by atoms with Gasteiger partial charge in [0.15, 0.2) is 0 Å². The lowest BCUT2D eigenvalue weighted by atomic mass is 9.94. The average Bonchev–Trinajstić information content (AvgIpc) is 2.69. The van der Waals surface area contributed by atoms with E-state index in [0.29, 0.717) is 12.5 Å². The molecule has 0 unspecified atom stereocenters. The maximum atomic E-state index is 12.7. The second-order valence-electron chi connectivity index (χ2n) is 7.40. The lowest BCUT2D eigenvalue weighted by Crippen LogP contribution is -2.40. The Bertz CT molecular complexity index is 688. The summed E-state index contributed by atoms with van der Waals surface area (Å²) in [5, 5.41) is 0. The highest BCUT2D eigenvalue weighted by Gasteiger charge is 2.27.